The zero-order valence-corrected chi connectivity index (χ0v) is 13.1. The Morgan fingerprint density at radius 1 is 1.61 bits per heavy atom. The summed E-state index contributed by atoms with van der Waals surface area (Å²) in [5.74, 6) is 0. The Kier molecular flexibility index (Phi) is 6.00. The largest absolute Gasteiger partial charge is 0.385 e. The first-order valence-electron chi connectivity index (χ1n) is 5.19. The molecule has 5 nitrogen and oxygen atoms in total. The normalized spacial score (nSPS) is 13.6. The molecule has 1 aromatic heterocycles. The molecule has 0 saturated heterocycles. The summed E-state index contributed by atoms with van der Waals surface area (Å²) < 4.78 is 32.1. The molecule has 1 aromatic rings. The number of nitrogens with zero attached hydrogens (tertiary/aromatic N) is 1. The van der Waals surface area contributed by atoms with Crippen LogP contribution >= 0.6 is 27.5 Å². The van der Waals surface area contributed by atoms with Crippen LogP contribution in [0, 0.1) is 0 Å². The van der Waals surface area contributed by atoms with E-state index >= 15 is 0 Å². The van der Waals surface area contributed by atoms with Gasteiger partial charge in [-0.15, -0.1) is 0 Å². The minimum atomic E-state index is -3.67. The smallest absolute Gasteiger partial charge is 0.243 e. The van der Waals surface area contributed by atoms with E-state index in [4.69, 9.17) is 16.3 Å². The number of pyridine rings is 1. The second-order valence-corrected chi connectivity index (χ2v) is 6.70. The Balaban J connectivity index is 2.89. The lowest BCUT2D eigenvalue weighted by atomic mass is 10.3. The van der Waals surface area contributed by atoms with E-state index in [1.807, 2.05) is 0 Å². The molecule has 0 aliphatic heterocycles. The van der Waals surface area contributed by atoms with Crippen LogP contribution in [-0.4, -0.2) is 33.2 Å². The summed E-state index contributed by atoms with van der Waals surface area (Å²) in [6.07, 6.45) is 2.02. The van der Waals surface area contributed by atoms with Gasteiger partial charge >= 0.3 is 0 Å². The lowest BCUT2D eigenvalue weighted by molar-refractivity contribution is 0.188. The minimum Gasteiger partial charge on any atom is -0.385 e. The van der Waals surface area contributed by atoms with Gasteiger partial charge in [0, 0.05) is 30.4 Å². The summed E-state index contributed by atoms with van der Waals surface area (Å²) >= 11 is 8.96. The van der Waals surface area contributed by atoms with Crippen molar-refractivity contribution in [3.8, 4) is 0 Å². The van der Waals surface area contributed by atoms with Gasteiger partial charge in [0.25, 0.3) is 0 Å². The first-order chi connectivity index (χ1) is 8.36. The van der Waals surface area contributed by atoms with Crippen molar-refractivity contribution >= 4 is 37.6 Å². The fourth-order valence-corrected chi connectivity index (χ4v) is 3.50. The molecule has 0 aromatic carbocycles. The lowest BCUT2D eigenvalue weighted by Crippen LogP contribution is -2.33. The van der Waals surface area contributed by atoms with Gasteiger partial charge in [-0.25, -0.2) is 18.1 Å². The van der Waals surface area contributed by atoms with Crippen LogP contribution < -0.4 is 4.72 Å². The third-order valence-electron chi connectivity index (χ3n) is 2.17. The highest BCUT2D eigenvalue weighted by Gasteiger charge is 2.21. The van der Waals surface area contributed by atoms with Crippen molar-refractivity contribution in [2.24, 2.45) is 0 Å². The first kappa shape index (κ1) is 15.8. The predicted molar refractivity (Wildman–Crippen MR) is 73.2 cm³/mol. The molecular weight excluding hydrogens is 344 g/mol. The van der Waals surface area contributed by atoms with Gasteiger partial charge in [0.1, 0.15) is 10.0 Å². The number of ether oxygens (including phenoxy) is 1. The van der Waals surface area contributed by atoms with Crippen molar-refractivity contribution in [1.29, 1.82) is 0 Å². The number of nitrogens with one attached hydrogen (secondary N) is 1. The van der Waals surface area contributed by atoms with E-state index in [1.54, 1.807) is 14.0 Å². The summed E-state index contributed by atoms with van der Waals surface area (Å²) in [6.45, 7) is 2.24. The predicted octanol–water partition coefficient (Wildman–Crippen LogP) is 2.20. The fraction of sp³-hybridized carbons (Fsp3) is 0.500. The molecule has 8 heteroatoms. The molecule has 1 unspecified atom stereocenters. The fourth-order valence-electron chi connectivity index (χ4n) is 1.27. The van der Waals surface area contributed by atoms with E-state index in [9.17, 15) is 8.42 Å². The summed E-state index contributed by atoms with van der Waals surface area (Å²) in [5, 5.41) is -0.0513. The van der Waals surface area contributed by atoms with E-state index in [-0.39, 0.29) is 16.1 Å². The second-order valence-electron chi connectivity index (χ2n) is 3.75. The molecular formula is C10H14BrClN2O3S. The highest BCUT2D eigenvalue weighted by Crippen LogP contribution is 2.22. The van der Waals surface area contributed by atoms with Crippen LogP contribution in [0.15, 0.2) is 21.6 Å². The van der Waals surface area contributed by atoms with E-state index in [2.05, 4.69) is 25.6 Å². The molecule has 0 radical (unpaired) electrons. The van der Waals surface area contributed by atoms with Crippen molar-refractivity contribution in [1.82, 2.24) is 9.71 Å². The molecule has 0 amide bonds. The third kappa shape index (κ3) is 4.47. The molecule has 0 aliphatic rings. The molecule has 1 rings (SSSR count). The van der Waals surface area contributed by atoms with Crippen LogP contribution in [0.1, 0.15) is 13.3 Å². The molecule has 0 spiro atoms. The number of sulfonamides is 1. The average Bonchev–Trinajstić information content (AvgIpc) is 2.29. The summed E-state index contributed by atoms with van der Waals surface area (Å²) in [7, 11) is -2.11. The highest BCUT2D eigenvalue weighted by molar-refractivity contribution is 9.10. The zero-order chi connectivity index (χ0) is 13.8. The van der Waals surface area contributed by atoms with Gasteiger partial charge in [-0.3, -0.25) is 0 Å². The maximum atomic E-state index is 12.1. The topological polar surface area (TPSA) is 68.3 Å². The van der Waals surface area contributed by atoms with Crippen LogP contribution in [0.3, 0.4) is 0 Å². The van der Waals surface area contributed by atoms with E-state index in [0.29, 0.717) is 17.5 Å². The quantitative estimate of drug-likeness (QED) is 0.793. The van der Waals surface area contributed by atoms with Gasteiger partial charge in [0.2, 0.25) is 10.0 Å². The van der Waals surface area contributed by atoms with Crippen LogP contribution in [0.5, 0.6) is 0 Å². The monoisotopic (exact) mass is 356 g/mol. The Bertz CT molecular complexity index is 510. The zero-order valence-electron chi connectivity index (χ0n) is 9.98. The number of methoxy groups -OCH3 is 1. The summed E-state index contributed by atoms with van der Waals surface area (Å²) in [6, 6.07) is 1.17. The van der Waals surface area contributed by atoms with E-state index < -0.39 is 10.0 Å². The molecule has 0 bridgehead atoms. The maximum Gasteiger partial charge on any atom is 0.243 e. The van der Waals surface area contributed by atoms with Crippen LogP contribution in [0.25, 0.3) is 0 Å². The first-order valence-corrected chi connectivity index (χ1v) is 7.84. The molecule has 0 aliphatic carbocycles. The molecule has 0 saturated carbocycles. The Morgan fingerprint density at radius 2 is 2.28 bits per heavy atom. The standard InChI is InChI=1S/C10H14BrClN2O3S/c1-7(3-4-17-2)14-18(15,16)9-5-8(11)6-13-10(9)12/h5-7,14H,3-4H2,1-2H3. The molecule has 1 N–H and O–H groups in total. The SMILES string of the molecule is COCCC(C)NS(=O)(=O)c1cc(Br)cnc1Cl. The Labute approximate surface area is 120 Å². The van der Waals surface area contributed by atoms with Gasteiger partial charge in [0.05, 0.1) is 0 Å². The van der Waals surface area contributed by atoms with Crippen LogP contribution in [0.2, 0.25) is 5.15 Å². The van der Waals surface area contributed by atoms with Crippen molar-refractivity contribution < 1.29 is 13.2 Å². The van der Waals surface area contributed by atoms with E-state index in [1.165, 1.54) is 12.3 Å². The van der Waals surface area contributed by atoms with E-state index in [0.717, 1.165) is 0 Å². The molecule has 18 heavy (non-hydrogen) atoms. The Hall–Kier alpha value is -0.210. The van der Waals surface area contributed by atoms with Crippen LogP contribution in [0.4, 0.5) is 0 Å². The highest BCUT2D eigenvalue weighted by atomic mass is 79.9. The van der Waals surface area contributed by atoms with Gasteiger partial charge in [-0.2, -0.15) is 0 Å². The number of rotatable bonds is 6. The van der Waals surface area contributed by atoms with Crippen molar-refractivity contribution in [2.45, 2.75) is 24.3 Å². The minimum absolute atomic E-state index is 0.0391. The number of halogens is 2. The number of aromatic nitrogens is 1. The van der Waals surface area contributed by atoms with Crippen LogP contribution in [-0.2, 0) is 14.8 Å². The van der Waals surface area contributed by atoms with Crippen molar-refractivity contribution in [2.75, 3.05) is 13.7 Å². The van der Waals surface area contributed by atoms with Crippen molar-refractivity contribution in [3.05, 3.63) is 21.9 Å². The van der Waals surface area contributed by atoms with Gasteiger partial charge < -0.3 is 4.74 Å². The molecule has 1 heterocycles. The average molecular weight is 358 g/mol. The number of hydrogen-bond acceptors (Lipinski definition) is 4. The summed E-state index contributed by atoms with van der Waals surface area (Å²) in [4.78, 5) is 3.75. The molecule has 0 fully saturated rings. The lowest BCUT2D eigenvalue weighted by Gasteiger charge is -2.14. The number of hydrogen-bond donors (Lipinski definition) is 1. The van der Waals surface area contributed by atoms with Gasteiger partial charge in [-0.1, -0.05) is 11.6 Å². The van der Waals surface area contributed by atoms with Gasteiger partial charge in [-0.05, 0) is 35.3 Å². The Morgan fingerprint density at radius 3 is 2.89 bits per heavy atom. The summed E-state index contributed by atoms with van der Waals surface area (Å²) in [5.41, 5.74) is 0. The molecule has 102 valence electrons. The van der Waals surface area contributed by atoms with Gasteiger partial charge in [0.15, 0.2) is 0 Å². The molecule has 1 atom stereocenters. The second kappa shape index (κ2) is 6.81. The third-order valence-corrected chi connectivity index (χ3v) is 4.62. The maximum absolute atomic E-state index is 12.1. The van der Waals surface area contributed by atoms with Crippen molar-refractivity contribution in [3.63, 3.8) is 0 Å².